The molecule has 0 aliphatic heterocycles. The van der Waals surface area contributed by atoms with Gasteiger partial charge in [-0.2, -0.15) is 0 Å². The number of carboxylic acid groups (broad SMARTS) is 1. The maximum atomic E-state index is 12.7. The van der Waals surface area contributed by atoms with E-state index in [2.05, 4.69) is 5.32 Å². The topological polar surface area (TPSA) is 95.9 Å². The summed E-state index contributed by atoms with van der Waals surface area (Å²) in [5.41, 5.74) is 0. The molecule has 1 aromatic carbocycles. The van der Waals surface area contributed by atoms with Crippen molar-refractivity contribution in [3.8, 4) is 5.75 Å². The van der Waals surface area contributed by atoms with Crippen LogP contribution in [-0.4, -0.2) is 41.3 Å². The van der Waals surface area contributed by atoms with E-state index in [1.54, 1.807) is 0 Å². The Bertz CT molecular complexity index is 463. The van der Waals surface area contributed by atoms with Gasteiger partial charge < -0.3 is 20.3 Å². The van der Waals surface area contributed by atoms with E-state index in [0.717, 1.165) is 0 Å². The summed E-state index contributed by atoms with van der Waals surface area (Å²) >= 11 is 0. The fourth-order valence-corrected chi connectivity index (χ4v) is 1.61. The van der Waals surface area contributed by atoms with E-state index in [1.807, 2.05) is 0 Å². The number of ether oxygens (including phenoxy) is 1. The molecule has 0 radical (unpaired) electrons. The first kappa shape index (κ1) is 16.9. The number of amides is 1. The molecule has 1 aromatic rings. The van der Waals surface area contributed by atoms with E-state index in [9.17, 15) is 14.0 Å². The number of carbonyl (C=O) groups excluding carboxylic acids is 1. The highest BCUT2D eigenvalue weighted by molar-refractivity contribution is 5.83. The summed E-state index contributed by atoms with van der Waals surface area (Å²) in [7, 11) is 0. The molecule has 0 fully saturated rings. The minimum absolute atomic E-state index is 0.0346. The van der Waals surface area contributed by atoms with Crippen LogP contribution in [0.15, 0.2) is 24.3 Å². The van der Waals surface area contributed by atoms with E-state index in [0.29, 0.717) is 12.2 Å². The standard InChI is InChI=1S/C14H18FNO5/c15-10-3-5-11(6-4-10)21-9-1-2-13(18)16-12(7-8-17)14(19)20/h3-6,12,17H,1-2,7-9H2,(H,16,18)(H,19,20). The lowest BCUT2D eigenvalue weighted by atomic mass is 10.2. The van der Waals surface area contributed by atoms with Crippen molar-refractivity contribution in [1.29, 1.82) is 0 Å². The van der Waals surface area contributed by atoms with Gasteiger partial charge in [0.25, 0.3) is 0 Å². The van der Waals surface area contributed by atoms with Crippen LogP contribution in [0.4, 0.5) is 4.39 Å². The van der Waals surface area contributed by atoms with Crippen molar-refractivity contribution in [2.45, 2.75) is 25.3 Å². The first-order valence-electron chi connectivity index (χ1n) is 6.54. The summed E-state index contributed by atoms with van der Waals surface area (Å²) in [5, 5.41) is 19.8. The van der Waals surface area contributed by atoms with Crippen molar-refractivity contribution >= 4 is 11.9 Å². The van der Waals surface area contributed by atoms with E-state index >= 15 is 0 Å². The summed E-state index contributed by atoms with van der Waals surface area (Å²) in [6.07, 6.45) is 0.470. The van der Waals surface area contributed by atoms with Crippen LogP contribution < -0.4 is 10.1 Å². The van der Waals surface area contributed by atoms with Crippen LogP contribution in [0.5, 0.6) is 5.75 Å². The first-order valence-corrected chi connectivity index (χ1v) is 6.54. The fraction of sp³-hybridized carbons (Fsp3) is 0.429. The SMILES string of the molecule is O=C(CCCOc1ccc(F)cc1)NC(CCO)C(=O)O. The largest absolute Gasteiger partial charge is 0.494 e. The third-order valence-corrected chi connectivity index (χ3v) is 2.68. The van der Waals surface area contributed by atoms with Gasteiger partial charge in [0, 0.05) is 19.4 Å². The Labute approximate surface area is 121 Å². The van der Waals surface area contributed by atoms with Crippen molar-refractivity contribution in [3.05, 3.63) is 30.1 Å². The number of aliphatic hydroxyl groups excluding tert-OH is 1. The number of halogens is 1. The predicted molar refractivity (Wildman–Crippen MR) is 72.4 cm³/mol. The van der Waals surface area contributed by atoms with E-state index in [1.165, 1.54) is 24.3 Å². The highest BCUT2D eigenvalue weighted by atomic mass is 19.1. The minimum Gasteiger partial charge on any atom is -0.494 e. The van der Waals surface area contributed by atoms with Crippen LogP contribution in [-0.2, 0) is 9.59 Å². The quantitative estimate of drug-likeness (QED) is 0.590. The summed E-state index contributed by atoms with van der Waals surface area (Å²) in [6, 6.07) is 4.43. The number of aliphatic carboxylic acids is 1. The Kier molecular flexibility index (Phi) is 7.17. The monoisotopic (exact) mass is 299 g/mol. The van der Waals surface area contributed by atoms with E-state index in [4.69, 9.17) is 14.9 Å². The molecule has 0 bridgehead atoms. The van der Waals surface area contributed by atoms with Crippen LogP contribution in [0, 0.1) is 5.82 Å². The van der Waals surface area contributed by atoms with Crippen molar-refractivity contribution < 1.29 is 28.9 Å². The van der Waals surface area contributed by atoms with Crippen LogP contribution in [0.25, 0.3) is 0 Å². The van der Waals surface area contributed by atoms with Gasteiger partial charge in [-0.05, 0) is 30.7 Å². The molecule has 1 atom stereocenters. The maximum Gasteiger partial charge on any atom is 0.326 e. The molecule has 0 spiro atoms. The molecule has 1 amide bonds. The van der Waals surface area contributed by atoms with Gasteiger partial charge in [0.15, 0.2) is 0 Å². The fourth-order valence-electron chi connectivity index (χ4n) is 1.61. The average Bonchev–Trinajstić information content (AvgIpc) is 2.45. The molecular weight excluding hydrogens is 281 g/mol. The second kappa shape index (κ2) is 8.91. The van der Waals surface area contributed by atoms with Crippen LogP contribution in [0.3, 0.4) is 0 Å². The first-order chi connectivity index (χ1) is 10.0. The van der Waals surface area contributed by atoms with E-state index < -0.39 is 17.9 Å². The molecule has 0 aliphatic carbocycles. The molecule has 7 heteroatoms. The molecule has 0 heterocycles. The normalized spacial score (nSPS) is 11.7. The summed E-state index contributed by atoms with van der Waals surface area (Å²) < 4.78 is 18.0. The van der Waals surface area contributed by atoms with Crippen LogP contribution in [0.1, 0.15) is 19.3 Å². The molecule has 6 nitrogen and oxygen atoms in total. The Morgan fingerprint density at radius 1 is 1.29 bits per heavy atom. The molecular formula is C14H18FNO5. The molecule has 1 rings (SSSR count). The van der Waals surface area contributed by atoms with Gasteiger partial charge in [-0.25, -0.2) is 9.18 Å². The summed E-state index contributed by atoms with van der Waals surface area (Å²) in [5.74, 6) is -1.45. The average molecular weight is 299 g/mol. The zero-order chi connectivity index (χ0) is 15.7. The summed E-state index contributed by atoms with van der Waals surface area (Å²) in [4.78, 5) is 22.3. The molecule has 0 aromatic heterocycles. The number of rotatable bonds is 9. The number of benzene rings is 1. The highest BCUT2D eigenvalue weighted by Crippen LogP contribution is 2.11. The second-order valence-electron chi connectivity index (χ2n) is 4.38. The summed E-state index contributed by atoms with van der Waals surface area (Å²) in [6.45, 7) is -0.0539. The zero-order valence-electron chi connectivity index (χ0n) is 11.4. The van der Waals surface area contributed by atoms with E-state index in [-0.39, 0.29) is 31.9 Å². The number of nitrogens with one attached hydrogen (secondary N) is 1. The lowest BCUT2D eigenvalue weighted by Gasteiger charge is -2.13. The maximum absolute atomic E-state index is 12.7. The lowest BCUT2D eigenvalue weighted by molar-refractivity contribution is -0.142. The molecule has 0 saturated carbocycles. The third-order valence-electron chi connectivity index (χ3n) is 2.68. The molecule has 1 unspecified atom stereocenters. The number of aliphatic hydroxyl groups is 1. The van der Waals surface area contributed by atoms with Gasteiger partial charge in [-0.3, -0.25) is 4.79 Å². The highest BCUT2D eigenvalue weighted by Gasteiger charge is 2.18. The van der Waals surface area contributed by atoms with Crippen molar-refractivity contribution in [2.75, 3.05) is 13.2 Å². The molecule has 116 valence electrons. The van der Waals surface area contributed by atoms with Crippen molar-refractivity contribution in [2.24, 2.45) is 0 Å². The number of carboxylic acids is 1. The molecule has 3 N–H and O–H groups in total. The van der Waals surface area contributed by atoms with Gasteiger partial charge in [-0.1, -0.05) is 0 Å². The van der Waals surface area contributed by atoms with Crippen molar-refractivity contribution in [3.63, 3.8) is 0 Å². The van der Waals surface area contributed by atoms with Gasteiger partial charge >= 0.3 is 5.97 Å². The Morgan fingerprint density at radius 3 is 2.52 bits per heavy atom. The molecule has 21 heavy (non-hydrogen) atoms. The van der Waals surface area contributed by atoms with Gasteiger partial charge in [0.05, 0.1) is 6.61 Å². The third kappa shape index (κ3) is 6.71. The van der Waals surface area contributed by atoms with Crippen molar-refractivity contribution in [1.82, 2.24) is 5.32 Å². The van der Waals surface area contributed by atoms with Gasteiger partial charge in [0.2, 0.25) is 5.91 Å². The Morgan fingerprint density at radius 2 is 1.95 bits per heavy atom. The zero-order valence-corrected chi connectivity index (χ0v) is 11.4. The number of hydrogen-bond acceptors (Lipinski definition) is 4. The Hall–Kier alpha value is -2.15. The molecule has 0 aliphatic rings. The smallest absolute Gasteiger partial charge is 0.326 e. The Balaban J connectivity index is 2.23. The van der Waals surface area contributed by atoms with Crippen LogP contribution in [0.2, 0.25) is 0 Å². The molecule has 0 saturated heterocycles. The second-order valence-corrected chi connectivity index (χ2v) is 4.38. The predicted octanol–water partition coefficient (Wildman–Crippen LogP) is 0.936. The number of hydrogen-bond donors (Lipinski definition) is 3. The van der Waals surface area contributed by atoms with Gasteiger partial charge in [0.1, 0.15) is 17.6 Å². The van der Waals surface area contributed by atoms with Crippen LogP contribution >= 0.6 is 0 Å². The van der Waals surface area contributed by atoms with Gasteiger partial charge in [-0.15, -0.1) is 0 Å². The number of carbonyl (C=O) groups is 2. The lowest BCUT2D eigenvalue weighted by Crippen LogP contribution is -2.41. The minimum atomic E-state index is -1.18.